The predicted octanol–water partition coefficient (Wildman–Crippen LogP) is 5.24. The predicted molar refractivity (Wildman–Crippen MR) is 126 cm³/mol. The van der Waals surface area contributed by atoms with Crippen molar-refractivity contribution in [2.24, 2.45) is 0 Å². The number of hydrogen-bond donors (Lipinski definition) is 0. The minimum absolute atomic E-state index is 0.0859. The molecular formula is C26H21N3O5. The smallest absolute Gasteiger partial charge is 0.359 e. The number of carbonyl (C=O) groups excluding carboxylic acids is 2. The van der Waals surface area contributed by atoms with Crippen LogP contribution >= 0.6 is 0 Å². The van der Waals surface area contributed by atoms with E-state index < -0.39 is 17.0 Å². The first-order valence-corrected chi connectivity index (χ1v) is 10.6. The molecule has 0 fully saturated rings. The van der Waals surface area contributed by atoms with Gasteiger partial charge >= 0.3 is 5.97 Å². The topological polar surface area (TPSA) is 104 Å². The van der Waals surface area contributed by atoms with Gasteiger partial charge in [0.25, 0.3) is 5.69 Å². The van der Waals surface area contributed by atoms with Crippen molar-refractivity contribution < 1.29 is 19.2 Å². The lowest BCUT2D eigenvalue weighted by Crippen LogP contribution is -2.16. The van der Waals surface area contributed by atoms with E-state index in [0.29, 0.717) is 22.5 Å². The Kier molecular flexibility index (Phi) is 6.31. The van der Waals surface area contributed by atoms with Crippen LogP contribution in [0.1, 0.15) is 40.3 Å². The van der Waals surface area contributed by atoms with Crippen LogP contribution in [-0.4, -0.2) is 32.6 Å². The highest BCUT2D eigenvalue weighted by molar-refractivity contribution is 6.17. The second-order valence-corrected chi connectivity index (χ2v) is 7.77. The van der Waals surface area contributed by atoms with Crippen LogP contribution in [0.4, 0.5) is 5.69 Å². The number of non-ortho nitro benzene ring substituents is 1. The van der Waals surface area contributed by atoms with E-state index in [1.807, 2.05) is 18.2 Å². The molecule has 170 valence electrons. The van der Waals surface area contributed by atoms with E-state index >= 15 is 0 Å². The van der Waals surface area contributed by atoms with Gasteiger partial charge in [-0.25, -0.2) is 9.48 Å². The molecule has 8 nitrogen and oxygen atoms in total. The average molecular weight is 455 g/mol. The number of nitrogens with zero attached hydrogens (tertiary/aromatic N) is 3. The minimum Gasteiger partial charge on any atom is -0.458 e. The fourth-order valence-corrected chi connectivity index (χ4v) is 3.54. The van der Waals surface area contributed by atoms with Gasteiger partial charge in [-0.15, -0.1) is 0 Å². The number of carbonyl (C=O) groups is 2. The lowest BCUT2D eigenvalue weighted by atomic mass is 9.97. The third-order valence-electron chi connectivity index (χ3n) is 5.04. The summed E-state index contributed by atoms with van der Waals surface area (Å²) in [5, 5.41) is 15.6. The molecule has 0 saturated heterocycles. The summed E-state index contributed by atoms with van der Waals surface area (Å²) in [7, 11) is 0. The summed E-state index contributed by atoms with van der Waals surface area (Å²) in [5.74, 6) is -1.12. The van der Waals surface area contributed by atoms with Gasteiger partial charge in [-0.3, -0.25) is 14.9 Å². The molecule has 1 aromatic heterocycles. The average Bonchev–Trinajstić information content (AvgIpc) is 3.25. The number of ether oxygens (including phenoxy) is 1. The summed E-state index contributed by atoms with van der Waals surface area (Å²) in [4.78, 5) is 37.3. The second-order valence-electron chi connectivity index (χ2n) is 7.77. The van der Waals surface area contributed by atoms with Gasteiger partial charge in [0.2, 0.25) is 0 Å². The van der Waals surface area contributed by atoms with Crippen molar-refractivity contribution in [1.82, 2.24) is 9.78 Å². The molecule has 0 atom stereocenters. The van der Waals surface area contributed by atoms with Crippen LogP contribution in [0.15, 0.2) is 84.9 Å². The van der Waals surface area contributed by atoms with Crippen molar-refractivity contribution in [3.05, 3.63) is 112 Å². The molecule has 4 aromatic rings. The van der Waals surface area contributed by atoms with Gasteiger partial charge in [0, 0.05) is 23.3 Å². The Hall–Kier alpha value is -4.59. The van der Waals surface area contributed by atoms with Crippen molar-refractivity contribution in [2.45, 2.75) is 20.0 Å². The first-order chi connectivity index (χ1) is 16.4. The highest BCUT2D eigenvalue weighted by atomic mass is 16.6. The Morgan fingerprint density at radius 3 is 2.06 bits per heavy atom. The molecule has 0 unspecified atom stereocenters. The third kappa shape index (κ3) is 4.47. The number of hydrogen-bond acceptors (Lipinski definition) is 6. The van der Waals surface area contributed by atoms with Gasteiger partial charge in [0.1, 0.15) is 0 Å². The maximum absolute atomic E-state index is 13.7. The normalized spacial score (nSPS) is 10.8. The highest BCUT2D eigenvalue weighted by Gasteiger charge is 2.31. The lowest BCUT2D eigenvalue weighted by Gasteiger charge is -2.10. The van der Waals surface area contributed by atoms with E-state index in [1.54, 1.807) is 56.3 Å². The molecule has 1 heterocycles. The van der Waals surface area contributed by atoms with E-state index in [4.69, 9.17) is 4.74 Å². The molecule has 0 aliphatic heterocycles. The fourth-order valence-electron chi connectivity index (χ4n) is 3.54. The monoisotopic (exact) mass is 455 g/mol. The zero-order valence-electron chi connectivity index (χ0n) is 18.5. The highest BCUT2D eigenvalue weighted by Crippen LogP contribution is 2.32. The van der Waals surface area contributed by atoms with Crippen LogP contribution < -0.4 is 0 Å². The summed E-state index contributed by atoms with van der Waals surface area (Å²) in [6, 6.07) is 23.4. The first kappa shape index (κ1) is 22.6. The maximum Gasteiger partial charge on any atom is 0.359 e. The molecule has 0 radical (unpaired) electrons. The molecule has 0 spiro atoms. The second kappa shape index (κ2) is 9.50. The zero-order chi connectivity index (χ0) is 24.2. The Bertz CT molecular complexity index is 1340. The van der Waals surface area contributed by atoms with Gasteiger partial charge in [-0.05, 0) is 26.0 Å². The number of ketones is 1. The van der Waals surface area contributed by atoms with Gasteiger partial charge in [0.05, 0.1) is 28.0 Å². The molecule has 4 rings (SSSR count). The van der Waals surface area contributed by atoms with Crippen molar-refractivity contribution in [2.75, 3.05) is 0 Å². The molecule has 0 aliphatic rings. The summed E-state index contributed by atoms with van der Waals surface area (Å²) in [6.45, 7) is 3.42. The SMILES string of the molecule is CC(C)OC(=O)c1nn(-c2ccc([N+](=O)[O-])cc2)c(-c2ccccc2)c1C(=O)c1ccccc1. The molecule has 0 saturated carbocycles. The number of nitro groups is 1. The lowest BCUT2D eigenvalue weighted by molar-refractivity contribution is -0.384. The Morgan fingerprint density at radius 2 is 1.50 bits per heavy atom. The van der Waals surface area contributed by atoms with Gasteiger partial charge in [0.15, 0.2) is 11.5 Å². The van der Waals surface area contributed by atoms with Crippen LogP contribution in [0.25, 0.3) is 16.9 Å². The van der Waals surface area contributed by atoms with Gasteiger partial charge < -0.3 is 4.74 Å². The number of aromatic nitrogens is 2. The molecule has 8 heteroatoms. The number of rotatable bonds is 7. The van der Waals surface area contributed by atoms with E-state index in [1.165, 1.54) is 28.9 Å². The van der Waals surface area contributed by atoms with Crippen LogP contribution in [0.3, 0.4) is 0 Å². The van der Waals surface area contributed by atoms with Crippen LogP contribution in [0.2, 0.25) is 0 Å². The molecule has 0 N–H and O–H groups in total. The van der Waals surface area contributed by atoms with Crippen molar-refractivity contribution in [3.63, 3.8) is 0 Å². The van der Waals surface area contributed by atoms with Crippen LogP contribution in [0.5, 0.6) is 0 Å². The van der Waals surface area contributed by atoms with E-state index in [-0.39, 0.29) is 22.7 Å². The Balaban J connectivity index is 2.01. The summed E-state index contributed by atoms with van der Waals surface area (Å²) < 4.78 is 6.85. The van der Waals surface area contributed by atoms with E-state index in [2.05, 4.69) is 5.10 Å². The third-order valence-corrected chi connectivity index (χ3v) is 5.04. The molecular weight excluding hydrogens is 434 g/mol. The van der Waals surface area contributed by atoms with Crippen LogP contribution in [0, 0.1) is 10.1 Å². The maximum atomic E-state index is 13.7. The standard InChI is InChI=1S/C26H21N3O5/c1-17(2)34-26(31)23-22(25(30)19-11-7-4-8-12-19)24(18-9-5-3-6-10-18)28(27-23)20-13-15-21(16-14-20)29(32)33/h3-17H,1-2H3. The largest absolute Gasteiger partial charge is 0.458 e. The van der Waals surface area contributed by atoms with Crippen molar-refractivity contribution >= 4 is 17.4 Å². The molecule has 0 amide bonds. The Labute approximate surface area is 195 Å². The van der Waals surface area contributed by atoms with E-state index in [9.17, 15) is 19.7 Å². The molecule has 0 aliphatic carbocycles. The molecule has 3 aromatic carbocycles. The van der Waals surface area contributed by atoms with Crippen molar-refractivity contribution in [1.29, 1.82) is 0 Å². The van der Waals surface area contributed by atoms with Crippen LogP contribution in [-0.2, 0) is 4.74 Å². The molecule has 34 heavy (non-hydrogen) atoms. The zero-order valence-corrected chi connectivity index (χ0v) is 18.5. The summed E-state index contributed by atoms with van der Waals surface area (Å²) >= 11 is 0. The Morgan fingerprint density at radius 1 is 0.912 bits per heavy atom. The fraction of sp³-hybridized carbons (Fsp3) is 0.115. The summed E-state index contributed by atoms with van der Waals surface area (Å²) in [6.07, 6.45) is -0.420. The first-order valence-electron chi connectivity index (χ1n) is 10.6. The number of benzene rings is 3. The van der Waals surface area contributed by atoms with E-state index in [0.717, 1.165) is 0 Å². The quantitative estimate of drug-likeness (QED) is 0.163. The number of esters is 1. The van der Waals surface area contributed by atoms with Gasteiger partial charge in [-0.2, -0.15) is 5.10 Å². The summed E-state index contributed by atoms with van der Waals surface area (Å²) in [5.41, 5.74) is 1.77. The van der Waals surface area contributed by atoms with Gasteiger partial charge in [-0.1, -0.05) is 60.7 Å². The number of nitro benzene ring substituents is 1. The molecule has 0 bridgehead atoms. The van der Waals surface area contributed by atoms with Crippen molar-refractivity contribution in [3.8, 4) is 16.9 Å². The minimum atomic E-state index is -0.730.